The molecule has 0 fully saturated rings. The lowest BCUT2D eigenvalue weighted by Crippen LogP contribution is -2.23. The number of alkyl halides is 3. The third kappa shape index (κ3) is 4.20. The summed E-state index contributed by atoms with van der Waals surface area (Å²) in [7, 11) is 0. The molecule has 140 valence electrons. The minimum atomic E-state index is -4.62. The number of benzene rings is 1. The van der Waals surface area contributed by atoms with Crippen LogP contribution in [0.1, 0.15) is 21.6 Å². The Balaban J connectivity index is 1.89. The average Bonchev–Trinajstić information content (AvgIpc) is 3.06. The molecule has 0 radical (unpaired) electrons. The highest BCUT2D eigenvalue weighted by Gasteiger charge is 2.32. The molecule has 0 unspecified atom stereocenters. The fourth-order valence-corrected chi connectivity index (χ4v) is 3.38. The predicted molar refractivity (Wildman–Crippen MR) is 95.9 cm³/mol. The SMILES string of the molecule is NC(=O)c1ccc(-c2nc(Cn3cc(C(F)(F)F)cc(Cl)c3=O)cs2)cc1. The number of nitrogens with two attached hydrogens (primary N) is 1. The molecule has 0 aliphatic rings. The topological polar surface area (TPSA) is 78.0 Å². The molecule has 1 amide bonds. The van der Waals surface area contributed by atoms with Crippen molar-refractivity contribution in [1.29, 1.82) is 0 Å². The Morgan fingerprint density at radius 3 is 2.52 bits per heavy atom. The Morgan fingerprint density at radius 1 is 1.26 bits per heavy atom. The van der Waals surface area contributed by atoms with Crippen LogP contribution < -0.4 is 11.3 Å². The van der Waals surface area contributed by atoms with Crippen molar-refractivity contribution < 1.29 is 18.0 Å². The highest BCUT2D eigenvalue weighted by molar-refractivity contribution is 7.13. The first-order valence-corrected chi connectivity index (χ1v) is 8.73. The zero-order valence-electron chi connectivity index (χ0n) is 13.5. The van der Waals surface area contributed by atoms with Gasteiger partial charge in [-0.1, -0.05) is 23.7 Å². The van der Waals surface area contributed by atoms with Crippen molar-refractivity contribution in [1.82, 2.24) is 9.55 Å². The molecule has 27 heavy (non-hydrogen) atoms. The van der Waals surface area contributed by atoms with E-state index in [-0.39, 0.29) is 6.54 Å². The van der Waals surface area contributed by atoms with E-state index in [2.05, 4.69) is 4.98 Å². The summed E-state index contributed by atoms with van der Waals surface area (Å²) in [4.78, 5) is 27.5. The Hall–Kier alpha value is -2.65. The van der Waals surface area contributed by atoms with Gasteiger partial charge in [-0.25, -0.2) is 4.98 Å². The van der Waals surface area contributed by atoms with Crippen molar-refractivity contribution in [3.63, 3.8) is 0 Å². The van der Waals surface area contributed by atoms with Gasteiger partial charge in [-0.3, -0.25) is 9.59 Å². The Bertz CT molecular complexity index is 1060. The molecular weight excluding hydrogens is 403 g/mol. The van der Waals surface area contributed by atoms with Crippen LogP contribution in [-0.2, 0) is 12.7 Å². The number of thiazole rings is 1. The van der Waals surface area contributed by atoms with Gasteiger partial charge in [0, 0.05) is 22.7 Å². The van der Waals surface area contributed by atoms with E-state index in [1.165, 1.54) is 11.3 Å². The lowest BCUT2D eigenvalue weighted by Gasteiger charge is -2.10. The fourth-order valence-electron chi connectivity index (χ4n) is 2.34. The van der Waals surface area contributed by atoms with Crippen molar-refractivity contribution in [2.24, 2.45) is 5.73 Å². The number of primary amides is 1. The van der Waals surface area contributed by atoms with Crippen LogP contribution >= 0.6 is 22.9 Å². The zero-order chi connectivity index (χ0) is 19.8. The zero-order valence-corrected chi connectivity index (χ0v) is 15.0. The summed E-state index contributed by atoms with van der Waals surface area (Å²) in [6, 6.07) is 7.03. The van der Waals surface area contributed by atoms with Crippen LogP contribution in [0.5, 0.6) is 0 Å². The molecule has 3 rings (SSSR count). The maximum Gasteiger partial charge on any atom is 0.417 e. The van der Waals surface area contributed by atoms with E-state index in [9.17, 15) is 22.8 Å². The lowest BCUT2D eigenvalue weighted by atomic mass is 10.1. The monoisotopic (exact) mass is 413 g/mol. The van der Waals surface area contributed by atoms with E-state index in [1.54, 1.807) is 29.6 Å². The molecule has 0 atom stereocenters. The highest BCUT2D eigenvalue weighted by atomic mass is 35.5. The van der Waals surface area contributed by atoms with Crippen molar-refractivity contribution >= 4 is 28.8 Å². The first kappa shape index (κ1) is 19.1. The van der Waals surface area contributed by atoms with Crippen molar-refractivity contribution in [2.45, 2.75) is 12.7 Å². The van der Waals surface area contributed by atoms with E-state index >= 15 is 0 Å². The minimum Gasteiger partial charge on any atom is -0.366 e. The van der Waals surface area contributed by atoms with E-state index in [0.29, 0.717) is 27.9 Å². The number of halogens is 4. The van der Waals surface area contributed by atoms with Gasteiger partial charge in [-0.05, 0) is 18.2 Å². The maximum atomic E-state index is 12.9. The molecule has 2 aromatic heterocycles. The van der Waals surface area contributed by atoms with Crippen molar-refractivity contribution in [3.8, 4) is 10.6 Å². The lowest BCUT2D eigenvalue weighted by molar-refractivity contribution is -0.138. The molecule has 2 N–H and O–H groups in total. The molecule has 0 bridgehead atoms. The predicted octanol–water partition coefficient (Wildman–Crippen LogP) is 3.79. The summed E-state index contributed by atoms with van der Waals surface area (Å²) in [5.74, 6) is -0.554. The van der Waals surface area contributed by atoms with Crippen LogP contribution in [0.3, 0.4) is 0 Å². The molecule has 10 heteroatoms. The standard InChI is InChI=1S/C17H11ClF3N3O2S/c18-13-5-11(17(19,20)21)6-24(16(13)26)7-12-8-27-15(23-12)10-3-1-9(2-4-10)14(22)25/h1-6,8H,7H2,(H2,22,25). The van der Waals surface area contributed by atoms with Crippen LogP contribution in [0.15, 0.2) is 46.7 Å². The molecule has 0 aliphatic heterocycles. The van der Waals surface area contributed by atoms with Crippen LogP contribution in [0.25, 0.3) is 10.6 Å². The second-order valence-electron chi connectivity index (χ2n) is 5.59. The van der Waals surface area contributed by atoms with E-state index in [1.807, 2.05) is 0 Å². The molecule has 0 saturated carbocycles. The number of hydrogen-bond donors (Lipinski definition) is 1. The van der Waals surface area contributed by atoms with Crippen LogP contribution in [0.2, 0.25) is 5.02 Å². The normalized spacial score (nSPS) is 11.6. The average molecular weight is 414 g/mol. The summed E-state index contributed by atoms with van der Waals surface area (Å²) in [6.07, 6.45) is -3.90. The number of rotatable bonds is 4. The molecule has 5 nitrogen and oxygen atoms in total. The third-order valence-corrected chi connectivity index (χ3v) is 4.88. The quantitative estimate of drug-likeness (QED) is 0.706. The Labute approximate surface area is 159 Å². The van der Waals surface area contributed by atoms with Crippen molar-refractivity contribution in [3.05, 3.63) is 74.1 Å². The maximum absolute atomic E-state index is 12.9. The van der Waals surface area contributed by atoms with Gasteiger partial charge in [-0.2, -0.15) is 13.2 Å². The van der Waals surface area contributed by atoms with Gasteiger partial charge < -0.3 is 10.3 Å². The third-order valence-electron chi connectivity index (χ3n) is 3.67. The molecule has 0 saturated heterocycles. The largest absolute Gasteiger partial charge is 0.417 e. The minimum absolute atomic E-state index is 0.154. The van der Waals surface area contributed by atoms with E-state index < -0.39 is 28.2 Å². The van der Waals surface area contributed by atoms with Gasteiger partial charge in [0.05, 0.1) is 17.8 Å². The summed E-state index contributed by atoms with van der Waals surface area (Å²) in [6.45, 7) is -0.154. The smallest absolute Gasteiger partial charge is 0.366 e. The summed E-state index contributed by atoms with van der Waals surface area (Å²) in [5.41, 5.74) is 4.92. The van der Waals surface area contributed by atoms with Gasteiger partial charge in [0.15, 0.2) is 0 Å². The fraction of sp³-hybridized carbons (Fsp3) is 0.118. The molecular formula is C17H11ClF3N3O2S. The van der Waals surface area contributed by atoms with Crippen LogP contribution in [0.4, 0.5) is 13.2 Å². The van der Waals surface area contributed by atoms with Crippen molar-refractivity contribution in [2.75, 3.05) is 0 Å². The second kappa shape index (κ2) is 7.16. The molecule has 1 aromatic carbocycles. The molecule has 3 aromatic rings. The van der Waals surface area contributed by atoms with Crippen LogP contribution in [0, 0.1) is 0 Å². The number of carbonyl (C=O) groups is 1. The Morgan fingerprint density at radius 2 is 1.93 bits per heavy atom. The van der Waals surface area contributed by atoms with E-state index in [0.717, 1.165) is 10.8 Å². The molecule has 0 aliphatic carbocycles. The van der Waals surface area contributed by atoms with Gasteiger partial charge in [-0.15, -0.1) is 11.3 Å². The molecule has 2 heterocycles. The number of nitrogens with zero attached hydrogens (tertiary/aromatic N) is 2. The molecule has 0 spiro atoms. The van der Waals surface area contributed by atoms with Gasteiger partial charge in [0.25, 0.3) is 5.56 Å². The number of carbonyl (C=O) groups excluding carboxylic acids is 1. The highest BCUT2D eigenvalue weighted by Crippen LogP contribution is 2.30. The number of hydrogen-bond acceptors (Lipinski definition) is 4. The first-order chi connectivity index (χ1) is 12.6. The number of pyridine rings is 1. The first-order valence-electron chi connectivity index (χ1n) is 7.47. The summed E-state index contributed by atoms with van der Waals surface area (Å²) >= 11 is 6.90. The van der Waals surface area contributed by atoms with Crippen LogP contribution in [-0.4, -0.2) is 15.5 Å². The number of aromatic nitrogens is 2. The second-order valence-corrected chi connectivity index (χ2v) is 6.86. The van der Waals surface area contributed by atoms with E-state index in [4.69, 9.17) is 17.3 Å². The number of amides is 1. The van der Waals surface area contributed by atoms with Gasteiger partial charge in [0.1, 0.15) is 10.0 Å². The summed E-state index contributed by atoms with van der Waals surface area (Å²) in [5, 5.41) is 1.72. The Kier molecular flexibility index (Phi) is 5.07. The summed E-state index contributed by atoms with van der Waals surface area (Å²) < 4.78 is 39.6. The van der Waals surface area contributed by atoms with Gasteiger partial charge in [0.2, 0.25) is 5.91 Å². The van der Waals surface area contributed by atoms with Gasteiger partial charge >= 0.3 is 6.18 Å².